The second kappa shape index (κ2) is 13.2. The van der Waals surface area contributed by atoms with E-state index in [1.54, 1.807) is 5.56 Å². The lowest BCUT2D eigenvalue weighted by atomic mass is 9.75. The Labute approximate surface area is 188 Å². The summed E-state index contributed by atoms with van der Waals surface area (Å²) in [6.45, 7) is 1.92. The summed E-state index contributed by atoms with van der Waals surface area (Å²) in [5.74, 6) is 0. The molecule has 1 aliphatic rings. The second-order valence-corrected chi connectivity index (χ2v) is 9.70. The van der Waals surface area contributed by atoms with Crippen LogP contribution in [0.4, 0.5) is 0 Å². The molecule has 0 aromatic heterocycles. The molecule has 2 aromatic rings. The topological polar surface area (TPSA) is 58.6 Å². The lowest BCUT2D eigenvalue weighted by Gasteiger charge is -2.30. The van der Waals surface area contributed by atoms with Crippen molar-refractivity contribution < 1.29 is 14.0 Å². The van der Waals surface area contributed by atoms with Crippen molar-refractivity contribution >= 4 is 8.25 Å². The number of benzene rings is 2. The van der Waals surface area contributed by atoms with Gasteiger partial charge in [0, 0.05) is 6.54 Å². The summed E-state index contributed by atoms with van der Waals surface area (Å²) >= 11 is 0. The quantitative estimate of drug-likeness (QED) is 0.270. The molecule has 0 spiro atoms. The average molecular weight is 444 g/mol. The van der Waals surface area contributed by atoms with Crippen LogP contribution in [0.25, 0.3) is 0 Å². The van der Waals surface area contributed by atoms with Gasteiger partial charge in [-0.05, 0) is 67.2 Å². The van der Waals surface area contributed by atoms with Gasteiger partial charge in [0.2, 0.25) is 0 Å². The first-order valence-corrected chi connectivity index (χ1v) is 13.1. The fourth-order valence-electron chi connectivity index (χ4n) is 4.91. The maximum absolute atomic E-state index is 10.5. The largest absolute Gasteiger partial charge is 0.326 e. The summed E-state index contributed by atoms with van der Waals surface area (Å²) in [4.78, 5) is 8.62. The van der Waals surface area contributed by atoms with Crippen LogP contribution in [0.15, 0.2) is 54.6 Å². The Morgan fingerprint density at radius 2 is 1.61 bits per heavy atom. The molecular formula is C26H38NO3P. The Hall–Kier alpha value is -1.45. The van der Waals surface area contributed by atoms with Crippen molar-refractivity contribution in [3.8, 4) is 0 Å². The molecule has 1 fully saturated rings. The fraction of sp³-hybridized carbons (Fsp3) is 0.538. The predicted molar refractivity (Wildman–Crippen MR) is 129 cm³/mol. The van der Waals surface area contributed by atoms with Crippen LogP contribution in [-0.2, 0) is 27.5 Å². The Morgan fingerprint density at radius 3 is 2.32 bits per heavy atom. The first kappa shape index (κ1) is 24.2. The van der Waals surface area contributed by atoms with Crippen molar-refractivity contribution in [3.63, 3.8) is 0 Å². The summed E-state index contributed by atoms with van der Waals surface area (Å²) in [5.41, 5.74) is 4.70. The first-order chi connectivity index (χ1) is 15.2. The van der Waals surface area contributed by atoms with Crippen LogP contribution in [0.2, 0.25) is 0 Å². The van der Waals surface area contributed by atoms with E-state index < -0.39 is 8.25 Å². The molecule has 4 nitrogen and oxygen atoms in total. The monoisotopic (exact) mass is 443 g/mol. The minimum atomic E-state index is -2.79. The van der Waals surface area contributed by atoms with Gasteiger partial charge in [-0.1, -0.05) is 80.3 Å². The number of hydrogen-bond acceptors (Lipinski definition) is 3. The third-order valence-corrected chi connectivity index (χ3v) is 7.09. The number of hydrogen-bond donors (Lipinski definition) is 2. The van der Waals surface area contributed by atoms with Gasteiger partial charge in [-0.15, -0.1) is 0 Å². The molecule has 1 unspecified atom stereocenters. The molecule has 2 aromatic carbocycles. The lowest BCUT2D eigenvalue weighted by molar-refractivity contribution is 0.276. The third kappa shape index (κ3) is 8.20. The number of unbranched alkanes of at least 4 members (excludes halogenated alkanes) is 2. The van der Waals surface area contributed by atoms with Crippen molar-refractivity contribution in [2.45, 2.75) is 76.2 Å². The van der Waals surface area contributed by atoms with Gasteiger partial charge in [0.1, 0.15) is 0 Å². The minimum Gasteiger partial charge on any atom is -0.326 e. The average Bonchev–Trinajstić information content (AvgIpc) is 3.27. The molecule has 0 amide bonds. The number of rotatable bonds is 14. The summed E-state index contributed by atoms with van der Waals surface area (Å²) in [5, 5.41) is 3.35. The first-order valence-electron chi connectivity index (χ1n) is 11.9. The Morgan fingerprint density at radius 1 is 0.903 bits per heavy atom. The molecule has 2 N–H and O–H groups in total. The third-order valence-electron chi connectivity index (χ3n) is 6.64. The highest BCUT2D eigenvalue weighted by molar-refractivity contribution is 7.32. The van der Waals surface area contributed by atoms with Crippen LogP contribution in [-0.4, -0.2) is 18.0 Å². The Kier molecular flexibility index (Phi) is 10.3. The molecule has 31 heavy (non-hydrogen) atoms. The van der Waals surface area contributed by atoms with E-state index in [2.05, 4.69) is 64.4 Å². The van der Waals surface area contributed by atoms with Crippen molar-refractivity contribution in [2.75, 3.05) is 13.2 Å². The molecule has 5 heteroatoms. The van der Waals surface area contributed by atoms with E-state index in [9.17, 15) is 4.57 Å². The van der Waals surface area contributed by atoms with E-state index in [1.807, 2.05) is 0 Å². The van der Waals surface area contributed by atoms with E-state index in [0.29, 0.717) is 12.0 Å². The zero-order chi connectivity index (χ0) is 21.8. The maximum Gasteiger partial charge on any atom is 0.316 e. The normalized spacial score (nSPS) is 16.4. The van der Waals surface area contributed by atoms with Crippen molar-refractivity contribution in [2.24, 2.45) is 0 Å². The molecule has 0 aliphatic heterocycles. The van der Waals surface area contributed by atoms with Crippen LogP contribution < -0.4 is 5.32 Å². The van der Waals surface area contributed by atoms with Crippen LogP contribution >= 0.6 is 8.25 Å². The molecule has 170 valence electrons. The molecule has 0 radical (unpaired) electrons. The van der Waals surface area contributed by atoms with E-state index >= 15 is 0 Å². The van der Waals surface area contributed by atoms with E-state index in [4.69, 9.17) is 4.89 Å². The minimum absolute atomic E-state index is 0.326. The van der Waals surface area contributed by atoms with Crippen molar-refractivity contribution in [1.29, 1.82) is 0 Å². The van der Waals surface area contributed by atoms with Gasteiger partial charge >= 0.3 is 8.25 Å². The lowest BCUT2D eigenvalue weighted by Crippen LogP contribution is -2.21. The molecule has 1 atom stereocenters. The van der Waals surface area contributed by atoms with Gasteiger partial charge < -0.3 is 14.7 Å². The smallest absolute Gasteiger partial charge is 0.316 e. The number of nitrogens with one attached hydrogen (secondary N) is 1. The summed E-state index contributed by atoms with van der Waals surface area (Å²) in [7, 11) is -2.79. The molecule has 1 saturated carbocycles. The SMILES string of the molecule is O=[PH](O)OCCCNCc1ccc(CCCCCC2(c3ccccc3)CCCC2)cc1. The van der Waals surface area contributed by atoms with Crippen LogP contribution in [0, 0.1) is 0 Å². The van der Waals surface area contributed by atoms with Crippen LogP contribution in [0.3, 0.4) is 0 Å². The van der Waals surface area contributed by atoms with Crippen molar-refractivity contribution in [1.82, 2.24) is 5.32 Å². The molecule has 0 bridgehead atoms. The summed E-state index contributed by atoms with van der Waals surface area (Å²) in [6.07, 6.45) is 12.6. The highest BCUT2D eigenvalue weighted by Crippen LogP contribution is 2.44. The molecular weight excluding hydrogens is 405 g/mol. The van der Waals surface area contributed by atoms with Gasteiger partial charge in [0.25, 0.3) is 0 Å². The molecule has 1 aliphatic carbocycles. The van der Waals surface area contributed by atoms with Crippen molar-refractivity contribution in [3.05, 3.63) is 71.3 Å². The molecule has 3 rings (SSSR count). The van der Waals surface area contributed by atoms with E-state index in [-0.39, 0.29) is 0 Å². The summed E-state index contributed by atoms with van der Waals surface area (Å²) < 4.78 is 15.2. The van der Waals surface area contributed by atoms with Gasteiger partial charge in [-0.25, -0.2) is 0 Å². The molecule has 0 heterocycles. The van der Waals surface area contributed by atoms with Crippen LogP contribution in [0.5, 0.6) is 0 Å². The zero-order valence-electron chi connectivity index (χ0n) is 18.7. The number of aryl methyl sites for hydroxylation is 1. The fourth-order valence-corrected chi connectivity index (χ4v) is 5.23. The van der Waals surface area contributed by atoms with Gasteiger partial charge in [-0.2, -0.15) is 0 Å². The second-order valence-electron chi connectivity index (χ2n) is 8.88. The van der Waals surface area contributed by atoms with Gasteiger partial charge in [0.15, 0.2) is 0 Å². The highest BCUT2D eigenvalue weighted by Gasteiger charge is 2.34. The van der Waals surface area contributed by atoms with E-state index in [0.717, 1.165) is 25.9 Å². The van der Waals surface area contributed by atoms with Gasteiger partial charge in [0.05, 0.1) is 6.61 Å². The molecule has 0 saturated heterocycles. The van der Waals surface area contributed by atoms with Crippen LogP contribution in [0.1, 0.15) is 74.5 Å². The predicted octanol–water partition coefficient (Wildman–Crippen LogP) is 6.18. The Bertz CT molecular complexity index is 773. The maximum atomic E-state index is 10.5. The van der Waals surface area contributed by atoms with E-state index in [1.165, 1.54) is 62.5 Å². The standard InChI is InChI=1S/C26H38NO3P/c28-31(29)30-21-9-20-27-22-24-15-13-23(14-16-24)10-3-2-6-17-26(18-7-8-19-26)25-11-4-1-5-12-25/h1,4-5,11-16,27,31H,2-3,6-10,17-22H2,(H,28,29). The summed E-state index contributed by atoms with van der Waals surface area (Å²) in [6, 6.07) is 20.1. The Balaban J connectivity index is 1.31. The zero-order valence-corrected chi connectivity index (χ0v) is 19.7. The van der Waals surface area contributed by atoms with Gasteiger partial charge in [-0.3, -0.25) is 4.57 Å². The highest BCUT2D eigenvalue weighted by atomic mass is 31.1.